The van der Waals surface area contributed by atoms with Gasteiger partial charge in [-0.3, -0.25) is 0 Å². The van der Waals surface area contributed by atoms with E-state index in [4.69, 9.17) is 0 Å². The molecular weight excluding hydrogens is 196 g/mol. The number of rotatable bonds is 1. The zero-order valence-electron chi connectivity index (χ0n) is 8.59. The predicted octanol–water partition coefficient (Wildman–Crippen LogP) is 3.37. The lowest BCUT2D eigenvalue weighted by molar-refractivity contribution is 0.508. The van der Waals surface area contributed by atoms with E-state index in [1.807, 2.05) is 30.5 Å². The molecule has 1 nitrogen and oxygen atoms in total. The molecule has 0 aliphatic heterocycles. The van der Waals surface area contributed by atoms with Crippen molar-refractivity contribution in [2.75, 3.05) is 0 Å². The Bertz CT molecular complexity index is 481. The maximum absolute atomic E-state index is 13.0. The van der Waals surface area contributed by atoms with Crippen LogP contribution in [0.4, 0.5) is 8.78 Å². The second kappa shape index (κ2) is 3.50. The van der Waals surface area contributed by atoms with Gasteiger partial charge in [-0.1, -0.05) is 0 Å². The van der Waals surface area contributed by atoms with Crippen LogP contribution in [0.3, 0.4) is 0 Å². The second-order valence-electron chi connectivity index (χ2n) is 3.55. The van der Waals surface area contributed by atoms with Crippen molar-refractivity contribution >= 4 is 0 Å². The van der Waals surface area contributed by atoms with Crippen molar-refractivity contribution < 1.29 is 8.78 Å². The Balaban J connectivity index is 2.59. The van der Waals surface area contributed by atoms with Crippen LogP contribution >= 0.6 is 0 Å². The van der Waals surface area contributed by atoms with Crippen LogP contribution in [0.15, 0.2) is 30.3 Å². The summed E-state index contributed by atoms with van der Waals surface area (Å²) < 4.78 is 27.7. The van der Waals surface area contributed by atoms with Gasteiger partial charge in [-0.2, -0.15) is 0 Å². The van der Waals surface area contributed by atoms with Gasteiger partial charge in [0.15, 0.2) is 11.6 Å². The van der Waals surface area contributed by atoms with Gasteiger partial charge in [-0.05, 0) is 38.1 Å². The Labute approximate surface area is 87.0 Å². The molecule has 1 aromatic heterocycles. The summed E-state index contributed by atoms with van der Waals surface area (Å²) in [7, 11) is 0. The molecule has 0 bridgehead atoms. The van der Waals surface area contributed by atoms with Gasteiger partial charge in [0.2, 0.25) is 0 Å². The van der Waals surface area contributed by atoms with Crippen molar-refractivity contribution in [3.8, 4) is 5.69 Å². The molecule has 1 aromatic carbocycles. The molecule has 0 radical (unpaired) electrons. The molecule has 0 N–H and O–H groups in total. The maximum Gasteiger partial charge on any atom is 0.160 e. The zero-order chi connectivity index (χ0) is 11.0. The van der Waals surface area contributed by atoms with E-state index in [1.54, 1.807) is 6.07 Å². The first-order valence-electron chi connectivity index (χ1n) is 4.70. The zero-order valence-corrected chi connectivity index (χ0v) is 8.59. The van der Waals surface area contributed by atoms with Crippen LogP contribution in [-0.2, 0) is 0 Å². The van der Waals surface area contributed by atoms with Gasteiger partial charge in [-0.25, -0.2) is 8.78 Å². The average Bonchev–Trinajstić information content (AvgIpc) is 2.52. The molecule has 2 rings (SSSR count). The van der Waals surface area contributed by atoms with E-state index in [9.17, 15) is 8.78 Å². The fourth-order valence-electron chi connectivity index (χ4n) is 1.70. The molecule has 15 heavy (non-hydrogen) atoms. The normalized spacial score (nSPS) is 10.7. The van der Waals surface area contributed by atoms with E-state index in [1.165, 1.54) is 6.07 Å². The first kappa shape index (κ1) is 9.90. The molecule has 0 spiro atoms. The molecular formula is C12H11F2N. The molecule has 0 aliphatic carbocycles. The lowest BCUT2D eigenvalue weighted by Gasteiger charge is -2.09. The minimum atomic E-state index is -0.819. The van der Waals surface area contributed by atoms with Gasteiger partial charge in [0.1, 0.15) is 0 Å². The topological polar surface area (TPSA) is 4.93 Å². The summed E-state index contributed by atoms with van der Waals surface area (Å²) in [5, 5.41) is 0. The minimum Gasteiger partial charge on any atom is -0.318 e. The van der Waals surface area contributed by atoms with Crippen molar-refractivity contribution in [2.45, 2.75) is 13.8 Å². The highest BCUT2D eigenvalue weighted by Crippen LogP contribution is 2.18. The molecule has 0 saturated carbocycles. The number of aryl methyl sites for hydroxylation is 2. The lowest BCUT2D eigenvalue weighted by Crippen LogP contribution is -1.99. The van der Waals surface area contributed by atoms with Gasteiger partial charge in [0.25, 0.3) is 0 Å². The number of nitrogens with zero attached hydrogens (tertiary/aromatic N) is 1. The summed E-state index contributed by atoms with van der Waals surface area (Å²) in [6.07, 6.45) is 0. The van der Waals surface area contributed by atoms with Crippen molar-refractivity contribution in [1.82, 2.24) is 4.57 Å². The van der Waals surface area contributed by atoms with Crippen LogP contribution in [-0.4, -0.2) is 4.57 Å². The number of benzene rings is 1. The van der Waals surface area contributed by atoms with Gasteiger partial charge < -0.3 is 4.57 Å². The summed E-state index contributed by atoms with van der Waals surface area (Å²) in [5.74, 6) is -1.64. The highest BCUT2D eigenvalue weighted by atomic mass is 19.2. The summed E-state index contributed by atoms with van der Waals surface area (Å²) >= 11 is 0. The highest BCUT2D eigenvalue weighted by molar-refractivity contribution is 5.38. The first-order chi connectivity index (χ1) is 7.09. The van der Waals surface area contributed by atoms with Gasteiger partial charge in [0.05, 0.1) is 0 Å². The standard InChI is InChI=1S/C12H11F2N/c1-8-3-4-9(2)15(8)10-5-6-11(13)12(14)7-10/h3-7H,1-2H3. The maximum atomic E-state index is 13.0. The third-order valence-corrected chi connectivity index (χ3v) is 2.43. The monoisotopic (exact) mass is 207 g/mol. The van der Waals surface area contributed by atoms with Crippen LogP contribution in [0.25, 0.3) is 5.69 Å². The number of halogens is 2. The first-order valence-corrected chi connectivity index (χ1v) is 4.70. The van der Waals surface area contributed by atoms with Crippen molar-refractivity contribution in [2.24, 2.45) is 0 Å². The molecule has 0 atom stereocenters. The lowest BCUT2D eigenvalue weighted by atomic mass is 10.3. The van der Waals surface area contributed by atoms with E-state index >= 15 is 0 Å². The molecule has 3 heteroatoms. The molecule has 1 heterocycles. The molecule has 0 fully saturated rings. The third kappa shape index (κ3) is 1.65. The minimum absolute atomic E-state index is 0.647. The predicted molar refractivity (Wildman–Crippen MR) is 55.2 cm³/mol. The Hall–Kier alpha value is -1.64. The van der Waals surface area contributed by atoms with E-state index in [0.717, 1.165) is 17.5 Å². The molecule has 2 aromatic rings. The van der Waals surface area contributed by atoms with Crippen LogP contribution in [0.5, 0.6) is 0 Å². The fourth-order valence-corrected chi connectivity index (χ4v) is 1.70. The molecule has 78 valence electrons. The number of aromatic nitrogens is 1. The Morgan fingerprint density at radius 3 is 2.00 bits per heavy atom. The fraction of sp³-hybridized carbons (Fsp3) is 0.167. The van der Waals surface area contributed by atoms with Crippen molar-refractivity contribution in [1.29, 1.82) is 0 Å². The quantitative estimate of drug-likeness (QED) is 0.675. The smallest absolute Gasteiger partial charge is 0.160 e. The third-order valence-electron chi connectivity index (χ3n) is 2.43. The van der Waals surface area contributed by atoms with Crippen LogP contribution in [0.2, 0.25) is 0 Å². The molecule has 0 amide bonds. The number of hydrogen-bond donors (Lipinski definition) is 0. The van der Waals surface area contributed by atoms with Gasteiger partial charge in [-0.15, -0.1) is 0 Å². The molecule has 0 saturated heterocycles. The SMILES string of the molecule is Cc1ccc(C)n1-c1ccc(F)c(F)c1. The van der Waals surface area contributed by atoms with Crippen LogP contribution in [0.1, 0.15) is 11.4 Å². The van der Waals surface area contributed by atoms with E-state index < -0.39 is 11.6 Å². The molecule has 0 aliphatic rings. The van der Waals surface area contributed by atoms with Crippen molar-refractivity contribution in [3.63, 3.8) is 0 Å². The Morgan fingerprint density at radius 1 is 0.867 bits per heavy atom. The summed E-state index contributed by atoms with van der Waals surface area (Å²) in [5.41, 5.74) is 2.64. The van der Waals surface area contributed by atoms with Gasteiger partial charge >= 0.3 is 0 Å². The van der Waals surface area contributed by atoms with E-state index in [-0.39, 0.29) is 0 Å². The average molecular weight is 207 g/mol. The Morgan fingerprint density at radius 2 is 1.47 bits per heavy atom. The van der Waals surface area contributed by atoms with E-state index in [2.05, 4.69) is 0 Å². The summed E-state index contributed by atoms with van der Waals surface area (Å²) in [6, 6.07) is 7.80. The van der Waals surface area contributed by atoms with Crippen LogP contribution < -0.4 is 0 Å². The van der Waals surface area contributed by atoms with Gasteiger partial charge in [0, 0.05) is 23.1 Å². The number of hydrogen-bond acceptors (Lipinski definition) is 0. The Kier molecular flexibility index (Phi) is 2.31. The van der Waals surface area contributed by atoms with Crippen molar-refractivity contribution in [3.05, 3.63) is 53.4 Å². The van der Waals surface area contributed by atoms with E-state index in [0.29, 0.717) is 5.69 Å². The second-order valence-corrected chi connectivity index (χ2v) is 3.55. The van der Waals surface area contributed by atoms with Crippen LogP contribution in [0, 0.1) is 25.5 Å². The summed E-state index contributed by atoms with van der Waals surface area (Å²) in [6.45, 7) is 3.85. The largest absolute Gasteiger partial charge is 0.318 e. The molecule has 0 unspecified atom stereocenters. The summed E-state index contributed by atoms with van der Waals surface area (Å²) in [4.78, 5) is 0. The highest BCUT2D eigenvalue weighted by Gasteiger charge is 2.07.